The van der Waals surface area contributed by atoms with Gasteiger partial charge in [0.15, 0.2) is 0 Å². The van der Waals surface area contributed by atoms with Gasteiger partial charge >= 0.3 is 0 Å². The number of nitrogens with one attached hydrogen (secondary N) is 1. The average Bonchev–Trinajstić information content (AvgIpc) is 2.46. The smallest absolute Gasteiger partial charge is 0.0827 e. The Labute approximate surface area is 116 Å². The Kier molecular flexibility index (Phi) is 6.34. The SMILES string of the molecule is COCCNCCCOC1CCCc2ccccc21. The molecule has 3 nitrogen and oxygen atoms in total. The quantitative estimate of drug-likeness (QED) is 0.732. The van der Waals surface area contributed by atoms with Crippen molar-refractivity contribution in [2.75, 3.05) is 33.4 Å². The molecule has 1 aromatic rings. The van der Waals surface area contributed by atoms with Gasteiger partial charge in [-0.3, -0.25) is 0 Å². The van der Waals surface area contributed by atoms with Gasteiger partial charge in [-0.05, 0) is 43.4 Å². The molecule has 0 radical (unpaired) electrons. The van der Waals surface area contributed by atoms with Crippen molar-refractivity contribution in [1.29, 1.82) is 0 Å². The van der Waals surface area contributed by atoms with Crippen LogP contribution in [0.25, 0.3) is 0 Å². The highest BCUT2D eigenvalue weighted by Gasteiger charge is 2.19. The monoisotopic (exact) mass is 263 g/mol. The van der Waals surface area contributed by atoms with E-state index in [1.165, 1.54) is 24.0 Å². The van der Waals surface area contributed by atoms with Crippen molar-refractivity contribution < 1.29 is 9.47 Å². The minimum Gasteiger partial charge on any atom is -0.383 e. The molecule has 0 saturated carbocycles. The van der Waals surface area contributed by atoms with Crippen LogP contribution in [0.15, 0.2) is 24.3 Å². The van der Waals surface area contributed by atoms with Crippen molar-refractivity contribution in [3.8, 4) is 0 Å². The van der Waals surface area contributed by atoms with Gasteiger partial charge in [-0.25, -0.2) is 0 Å². The average molecular weight is 263 g/mol. The first-order valence-electron chi connectivity index (χ1n) is 7.31. The largest absolute Gasteiger partial charge is 0.383 e. The van der Waals surface area contributed by atoms with E-state index in [9.17, 15) is 0 Å². The summed E-state index contributed by atoms with van der Waals surface area (Å²) in [6, 6.07) is 8.70. The number of methoxy groups -OCH3 is 1. The summed E-state index contributed by atoms with van der Waals surface area (Å²) in [7, 11) is 1.73. The molecule has 0 heterocycles. The molecule has 1 aromatic carbocycles. The normalized spacial score (nSPS) is 18.3. The molecule has 0 aromatic heterocycles. The highest BCUT2D eigenvalue weighted by atomic mass is 16.5. The third-order valence-corrected chi connectivity index (χ3v) is 3.61. The van der Waals surface area contributed by atoms with Gasteiger partial charge in [0.05, 0.1) is 12.7 Å². The van der Waals surface area contributed by atoms with E-state index in [0.717, 1.165) is 39.1 Å². The molecule has 1 unspecified atom stereocenters. The molecule has 1 aliphatic rings. The van der Waals surface area contributed by atoms with E-state index in [2.05, 4.69) is 29.6 Å². The summed E-state index contributed by atoms with van der Waals surface area (Å²) in [6.07, 6.45) is 4.97. The lowest BCUT2D eigenvalue weighted by molar-refractivity contribution is 0.0392. The van der Waals surface area contributed by atoms with Crippen LogP contribution in [0, 0.1) is 0 Å². The minimum absolute atomic E-state index is 0.309. The van der Waals surface area contributed by atoms with E-state index < -0.39 is 0 Å². The van der Waals surface area contributed by atoms with Gasteiger partial charge < -0.3 is 14.8 Å². The molecule has 2 rings (SSSR count). The Bertz CT molecular complexity index is 368. The predicted octanol–water partition coefficient (Wildman–Crippen LogP) is 2.71. The first kappa shape index (κ1) is 14.5. The molecule has 1 N–H and O–H groups in total. The van der Waals surface area contributed by atoms with Crippen LogP contribution >= 0.6 is 0 Å². The fraction of sp³-hybridized carbons (Fsp3) is 0.625. The van der Waals surface area contributed by atoms with E-state index >= 15 is 0 Å². The molecule has 106 valence electrons. The lowest BCUT2D eigenvalue weighted by Crippen LogP contribution is -2.22. The Morgan fingerprint density at radius 2 is 2.11 bits per heavy atom. The Morgan fingerprint density at radius 1 is 1.21 bits per heavy atom. The maximum absolute atomic E-state index is 6.04. The maximum Gasteiger partial charge on any atom is 0.0827 e. The van der Waals surface area contributed by atoms with Crippen molar-refractivity contribution in [2.24, 2.45) is 0 Å². The Hall–Kier alpha value is -0.900. The van der Waals surface area contributed by atoms with Crippen LogP contribution in [0.4, 0.5) is 0 Å². The van der Waals surface area contributed by atoms with Crippen molar-refractivity contribution >= 4 is 0 Å². The zero-order chi connectivity index (χ0) is 13.3. The van der Waals surface area contributed by atoms with E-state index in [1.54, 1.807) is 7.11 Å². The number of fused-ring (bicyclic) bond motifs is 1. The third-order valence-electron chi connectivity index (χ3n) is 3.61. The summed E-state index contributed by atoms with van der Waals surface area (Å²) < 4.78 is 11.0. The van der Waals surface area contributed by atoms with E-state index in [-0.39, 0.29) is 0 Å². The molecule has 0 saturated heterocycles. The van der Waals surface area contributed by atoms with Gasteiger partial charge in [0.25, 0.3) is 0 Å². The molecule has 19 heavy (non-hydrogen) atoms. The third kappa shape index (κ3) is 4.60. The number of rotatable bonds is 8. The van der Waals surface area contributed by atoms with Crippen molar-refractivity contribution in [3.63, 3.8) is 0 Å². The number of hydrogen-bond donors (Lipinski definition) is 1. The molecule has 0 amide bonds. The summed E-state index contributed by atoms with van der Waals surface area (Å²) >= 11 is 0. The van der Waals surface area contributed by atoms with E-state index in [0.29, 0.717) is 6.10 Å². The Morgan fingerprint density at radius 3 is 3.00 bits per heavy atom. The van der Waals surface area contributed by atoms with Gasteiger partial charge in [0.2, 0.25) is 0 Å². The number of ether oxygens (including phenoxy) is 2. The molecule has 1 atom stereocenters. The number of aryl methyl sites for hydroxylation is 1. The van der Waals surface area contributed by atoms with Gasteiger partial charge in [-0.15, -0.1) is 0 Å². The molecule has 0 bridgehead atoms. The predicted molar refractivity (Wildman–Crippen MR) is 77.4 cm³/mol. The summed E-state index contributed by atoms with van der Waals surface area (Å²) in [6.45, 7) is 3.52. The molecule has 0 spiro atoms. The molecular formula is C16H25NO2. The van der Waals surface area contributed by atoms with Crippen LogP contribution in [0.2, 0.25) is 0 Å². The van der Waals surface area contributed by atoms with E-state index in [4.69, 9.17) is 9.47 Å². The topological polar surface area (TPSA) is 30.5 Å². The lowest BCUT2D eigenvalue weighted by atomic mass is 9.89. The van der Waals surface area contributed by atoms with Crippen molar-refractivity contribution in [1.82, 2.24) is 5.32 Å². The maximum atomic E-state index is 6.04. The summed E-state index contributed by atoms with van der Waals surface area (Å²) in [4.78, 5) is 0. The highest BCUT2D eigenvalue weighted by molar-refractivity contribution is 5.31. The zero-order valence-electron chi connectivity index (χ0n) is 11.9. The van der Waals surface area contributed by atoms with Crippen LogP contribution in [0.1, 0.15) is 36.5 Å². The first-order chi connectivity index (χ1) is 9.42. The van der Waals surface area contributed by atoms with Gasteiger partial charge in [0.1, 0.15) is 0 Å². The second-order valence-corrected chi connectivity index (χ2v) is 5.05. The lowest BCUT2D eigenvalue weighted by Gasteiger charge is -2.25. The van der Waals surface area contributed by atoms with Gasteiger partial charge in [-0.2, -0.15) is 0 Å². The Balaban J connectivity index is 1.67. The molecule has 1 aliphatic carbocycles. The molecule has 0 aliphatic heterocycles. The summed E-state index contributed by atoms with van der Waals surface area (Å²) in [5, 5.41) is 3.34. The molecule has 3 heteroatoms. The summed E-state index contributed by atoms with van der Waals surface area (Å²) in [5.74, 6) is 0. The minimum atomic E-state index is 0.309. The van der Waals surface area contributed by atoms with Crippen LogP contribution in [-0.2, 0) is 15.9 Å². The highest BCUT2D eigenvalue weighted by Crippen LogP contribution is 2.32. The van der Waals surface area contributed by atoms with Crippen molar-refractivity contribution in [2.45, 2.75) is 31.8 Å². The van der Waals surface area contributed by atoms with Crippen LogP contribution < -0.4 is 5.32 Å². The fourth-order valence-electron chi connectivity index (χ4n) is 2.60. The van der Waals surface area contributed by atoms with Crippen LogP contribution in [0.3, 0.4) is 0 Å². The second kappa shape index (κ2) is 8.31. The zero-order valence-corrected chi connectivity index (χ0v) is 11.9. The molecule has 0 fully saturated rings. The molecular weight excluding hydrogens is 238 g/mol. The first-order valence-corrected chi connectivity index (χ1v) is 7.31. The van der Waals surface area contributed by atoms with Gasteiger partial charge in [0, 0.05) is 20.3 Å². The van der Waals surface area contributed by atoms with Crippen molar-refractivity contribution in [3.05, 3.63) is 35.4 Å². The second-order valence-electron chi connectivity index (χ2n) is 5.05. The van der Waals surface area contributed by atoms with Gasteiger partial charge in [-0.1, -0.05) is 24.3 Å². The van der Waals surface area contributed by atoms with Crippen LogP contribution in [0.5, 0.6) is 0 Å². The number of hydrogen-bond acceptors (Lipinski definition) is 3. The fourth-order valence-corrected chi connectivity index (χ4v) is 2.60. The summed E-state index contributed by atoms with van der Waals surface area (Å²) in [5.41, 5.74) is 2.87. The standard InChI is InChI=1S/C16H25NO2/c1-18-13-11-17-10-5-12-19-16-9-4-7-14-6-2-3-8-15(14)16/h2-3,6,8,16-17H,4-5,7,9-13H2,1H3. The number of benzene rings is 1. The van der Waals surface area contributed by atoms with Crippen LogP contribution in [-0.4, -0.2) is 33.4 Å². The van der Waals surface area contributed by atoms with E-state index in [1.807, 2.05) is 0 Å².